The average Bonchev–Trinajstić information content (AvgIpc) is 2.14. The van der Waals surface area contributed by atoms with Gasteiger partial charge in [0.2, 0.25) is 0 Å². The minimum absolute atomic E-state index is 0.278. The van der Waals surface area contributed by atoms with E-state index in [4.69, 9.17) is 15.3 Å². The highest BCUT2D eigenvalue weighted by Crippen LogP contribution is 1.96. The minimum Gasteiger partial charge on any atom is -0.480 e. The zero-order valence-electron chi connectivity index (χ0n) is 7.78. The van der Waals surface area contributed by atoms with E-state index < -0.39 is 5.97 Å². The van der Waals surface area contributed by atoms with E-state index in [0.29, 0.717) is 0 Å². The van der Waals surface area contributed by atoms with Crippen molar-refractivity contribution in [3.05, 3.63) is 0 Å². The van der Waals surface area contributed by atoms with Crippen LogP contribution in [0.3, 0.4) is 0 Å². The molecule has 0 saturated carbocycles. The van der Waals surface area contributed by atoms with Crippen LogP contribution in [0.4, 0.5) is 0 Å². The zero-order valence-corrected chi connectivity index (χ0v) is 7.78. The normalized spacial score (nSPS) is 8.85. The van der Waals surface area contributed by atoms with Crippen LogP contribution in [0.25, 0.3) is 0 Å². The van der Waals surface area contributed by atoms with E-state index in [0.717, 1.165) is 25.7 Å². The van der Waals surface area contributed by atoms with E-state index in [2.05, 4.69) is 5.73 Å². The van der Waals surface area contributed by atoms with Crippen molar-refractivity contribution >= 4 is 5.97 Å². The molecule has 0 aromatic carbocycles. The highest BCUT2D eigenvalue weighted by Gasteiger charge is 1.84. The van der Waals surface area contributed by atoms with Gasteiger partial charge in [0.05, 0.1) is 6.54 Å². The second-order valence-corrected chi connectivity index (χ2v) is 2.46. The molecule has 0 radical (unpaired) electrons. The molecule has 0 amide bonds. The first-order valence-corrected chi connectivity index (χ1v) is 4.32. The molecule has 0 aliphatic rings. The van der Waals surface area contributed by atoms with Gasteiger partial charge in [0.15, 0.2) is 0 Å². The van der Waals surface area contributed by atoms with Gasteiger partial charge in [-0.1, -0.05) is 12.8 Å². The summed E-state index contributed by atoms with van der Waals surface area (Å²) in [6, 6.07) is 0. The van der Waals surface area contributed by atoms with Crippen molar-refractivity contribution in [2.45, 2.75) is 25.7 Å². The maximum atomic E-state index is 9.24. The number of hydrogen-bond acceptors (Lipinski definition) is 4. The largest absolute Gasteiger partial charge is 0.480 e. The summed E-state index contributed by atoms with van der Waals surface area (Å²) in [4.78, 5) is 9.24. The summed E-state index contributed by atoms with van der Waals surface area (Å²) in [6.07, 6.45) is 3.83. The molecule has 0 aromatic heterocycles. The van der Waals surface area contributed by atoms with Crippen molar-refractivity contribution in [1.29, 1.82) is 0 Å². The topological polar surface area (TPSA) is 104 Å². The Labute approximate surface area is 78.2 Å². The van der Waals surface area contributed by atoms with Crippen molar-refractivity contribution < 1.29 is 20.1 Å². The molecular weight excluding hydrogens is 174 g/mol. The van der Waals surface area contributed by atoms with E-state index in [1.54, 1.807) is 0 Å². The third-order valence-electron chi connectivity index (χ3n) is 1.24. The molecule has 0 saturated heterocycles. The monoisotopic (exact) mass is 193 g/mol. The first-order chi connectivity index (χ1) is 6.18. The van der Waals surface area contributed by atoms with Gasteiger partial charge in [-0.05, 0) is 12.8 Å². The van der Waals surface area contributed by atoms with Crippen LogP contribution in [0, 0.1) is 0 Å². The van der Waals surface area contributed by atoms with Crippen LogP contribution in [-0.2, 0) is 4.79 Å². The van der Waals surface area contributed by atoms with E-state index in [1.807, 2.05) is 0 Å². The first kappa shape index (κ1) is 14.9. The Balaban J connectivity index is 0. The number of carboxylic acid groups (broad SMARTS) is 1. The predicted molar refractivity (Wildman–Crippen MR) is 49.3 cm³/mol. The summed E-state index contributed by atoms with van der Waals surface area (Å²) in [5.74, 6) is -0.968. The number of hydrogen-bond donors (Lipinski definition) is 4. The Hall–Kier alpha value is -0.650. The fourth-order valence-electron chi connectivity index (χ4n) is 0.577. The van der Waals surface area contributed by atoms with Gasteiger partial charge < -0.3 is 21.1 Å². The molecule has 0 rings (SSSR count). The van der Waals surface area contributed by atoms with Crippen LogP contribution >= 0.6 is 0 Å². The van der Waals surface area contributed by atoms with Gasteiger partial charge in [-0.25, -0.2) is 0 Å². The fourth-order valence-corrected chi connectivity index (χ4v) is 0.577. The van der Waals surface area contributed by atoms with Crippen LogP contribution in [-0.4, -0.2) is 41.0 Å². The van der Waals surface area contributed by atoms with Crippen molar-refractivity contribution in [2.75, 3.05) is 19.8 Å². The zero-order chi connectivity index (χ0) is 10.5. The van der Waals surface area contributed by atoms with Crippen molar-refractivity contribution in [3.8, 4) is 0 Å². The maximum Gasteiger partial charge on any atom is 0.317 e. The molecule has 0 aliphatic heterocycles. The van der Waals surface area contributed by atoms with Crippen LogP contribution in [0.1, 0.15) is 25.7 Å². The summed E-state index contributed by atoms with van der Waals surface area (Å²) >= 11 is 0. The molecular formula is C8H19NO4. The molecule has 0 aromatic rings. The summed E-state index contributed by atoms with van der Waals surface area (Å²) in [5.41, 5.74) is 4.57. The molecule has 0 spiro atoms. The third-order valence-corrected chi connectivity index (χ3v) is 1.24. The number of aliphatic carboxylic acids is 1. The smallest absolute Gasteiger partial charge is 0.317 e. The molecule has 0 bridgehead atoms. The highest BCUT2D eigenvalue weighted by atomic mass is 16.4. The molecule has 0 unspecified atom stereocenters. The molecule has 0 heterocycles. The minimum atomic E-state index is -0.968. The lowest BCUT2D eigenvalue weighted by atomic mass is 10.2. The van der Waals surface area contributed by atoms with E-state index in [1.165, 1.54) is 0 Å². The lowest BCUT2D eigenvalue weighted by Gasteiger charge is -1.93. The van der Waals surface area contributed by atoms with Gasteiger partial charge >= 0.3 is 5.97 Å². The lowest BCUT2D eigenvalue weighted by Crippen LogP contribution is -2.10. The number of rotatable bonds is 6. The third kappa shape index (κ3) is 24.6. The Bertz CT molecular complexity index is 102. The molecule has 0 atom stereocenters. The number of carboxylic acids is 1. The Kier molecular flexibility index (Phi) is 15.9. The van der Waals surface area contributed by atoms with Crippen LogP contribution < -0.4 is 5.73 Å². The van der Waals surface area contributed by atoms with Gasteiger partial charge in [-0.3, -0.25) is 4.79 Å². The summed E-state index contributed by atoms with van der Waals surface area (Å²) in [5, 5.41) is 24.2. The van der Waals surface area contributed by atoms with Crippen molar-refractivity contribution in [3.63, 3.8) is 0 Å². The molecule has 5 heteroatoms. The number of carbonyl (C=O) groups is 1. The summed E-state index contributed by atoms with van der Waals surface area (Å²) < 4.78 is 0. The van der Waals surface area contributed by atoms with Gasteiger partial charge in [0.1, 0.15) is 0 Å². The van der Waals surface area contributed by atoms with E-state index in [9.17, 15) is 4.79 Å². The molecule has 5 nitrogen and oxygen atoms in total. The summed E-state index contributed by atoms with van der Waals surface area (Å²) in [7, 11) is 0. The molecule has 13 heavy (non-hydrogen) atoms. The lowest BCUT2D eigenvalue weighted by molar-refractivity contribution is -0.135. The number of unbranched alkanes of at least 4 members (excludes halogenated alkanes) is 3. The Morgan fingerprint density at radius 2 is 1.31 bits per heavy atom. The number of aliphatic hydroxyl groups is 2. The molecule has 5 N–H and O–H groups in total. The molecule has 80 valence electrons. The van der Waals surface area contributed by atoms with Crippen molar-refractivity contribution in [1.82, 2.24) is 0 Å². The second kappa shape index (κ2) is 13.9. The number of aliphatic hydroxyl groups excluding tert-OH is 2. The fraction of sp³-hybridized carbons (Fsp3) is 0.875. The maximum absolute atomic E-state index is 9.24. The quantitative estimate of drug-likeness (QED) is 0.428. The highest BCUT2D eigenvalue weighted by molar-refractivity contribution is 5.68. The van der Waals surface area contributed by atoms with Gasteiger partial charge in [0.25, 0.3) is 0 Å². The molecule has 0 fully saturated rings. The predicted octanol–water partition coefficient (Wildman–Crippen LogP) is -0.439. The van der Waals surface area contributed by atoms with E-state index in [-0.39, 0.29) is 19.8 Å². The first-order valence-electron chi connectivity index (χ1n) is 4.32. The van der Waals surface area contributed by atoms with E-state index >= 15 is 0 Å². The Morgan fingerprint density at radius 3 is 1.46 bits per heavy atom. The number of nitrogens with two attached hydrogens (primary N) is 1. The van der Waals surface area contributed by atoms with Crippen LogP contribution in [0.5, 0.6) is 0 Å². The van der Waals surface area contributed by atoms with Gasteiger partial charge in [-0.2, -0.15) is 0 Å². The standard InChI is InChI=1S/C6H14O2.C2H5NO2/c7-5-3-1-2-4-6-8;3-1-2(4)5/h7-8H,1-6H2;1,3H2,(H,4,5). The van der Waals surface area contributed by atoms with Crippen molar-refractivity contribution in [2.24, 2.45) is 5.73 Å². The van der Waals surface area contributed by atoms with Gasteiger partial charge in [0, 0.05) is 13.2 Å². The van der Waals surface area contributed by atoms with Crippen LogP contribution in [0.2, 0.25) is 0 Å². The van der Waals surface area contributed by atoms with Gasteiger partial charge in [-0.15, -0.1) is 0 Å². The second-order valence-electron chi connectivity index (χ2n) is 2.46. The Morgan fingerprint density at radius 1 is 1.00 bits per heavy atom. The SMILES string of the molecule is NCC(=O)O.OCCCCCCO. The van der Waals surface area contributed by atoms with Crippen LogP contribution in [0.15, 0.2) is 0 Å². The summed E-state index contributed by atoms with van der Waals surface area (Å²) in [6.45, 7) is 0.289. The average molecular weight is 193 g/mol. The molecule has 0 aliphatic carbocycles.